The molecule has 1 saturated heterocycles. The first-order valence-electron chi connectivity index (χ1n) is 6.73. The number of hydrogen-bond acceptors (Lipinski definition) is 4. The molecule has 0 spiro atoms. The highest BCUT2D eigenvalue weighted by Gasteiger charge is 2.17. The molecule has 1 heterocycles. The van der Waals surface area contributed by atoms with E-state index in [1.807, 2.05) is 25.2 Å². The molecule has 4 nitrogen and oxygen atoms in total. The van der Waals surface area contributed by atoms with Crippen LogP contribution in [0.2, 0.25) is 0 Å². The maximum Gasteiger partial charge on any atom is 0.136 e. The number of nitrogens with one attached hydrogen (secondary N) is 1. The number of rotatable bonds is 4. The van der Waals surface area contributed by atoms with Crippen molar-refractivity contribution in [2.24, 2.45) is 0 Å². The Bertz CT molecular complexity index is 465. The Hall–Kier alpha value is -1.28. The lowest BCUT2D eigenvalue weighted by Gasteiger charge is -2.31. The summed E-state index contributed by atoms with van der Waals surface area (Å²) in [6, 6.07) is 8.64. The molecule has 0 bridgehead atoms. The van der Waals surface area contributed by atoms with Crippen molar-refractivity contribution in [3.8, 4) is 11.8 Å². The Balaban J connectivity index is 0.00000200. The Morgan fingerprint density at radius 2 is 2.10 bits per heavy atom. The van der Waals surface area contributed by atoms with Crippen molar-refractivity contribution in [1.29, 1.82) is 5.26 Å². The number of likely N-dealkylation sites (tertiary alicyclic amines) is 1. The van der Waals surface area contributed by atoms with Gasteiger partial charge in [-0.15, -0.1) is 12.4 Å². The molecule has 1 N–H and O–H groups in total. The summed E-state index contributed by atoms with van der Waals surface area (Å²) >= 11 is 0. The standard InChI is InChI=1S/C15H21N3O.ClH/c1-17-14-5-7-18(8-6-14)11-12-3-4-13(10-16)15(9-12)19-2;/h3-4,9,14,17H,5-8,11H2,1-2H3;1H. The average molecular weight is 296 g/mol. The quantitative estimate of drug-likeness (QED) is 0.925. The number of methoxy groups -OCH3 is 1. The maximum absolute atomic E-state index is 8.97. The second-order valence-corrected chi connectivity index (χ2v) is 4.99. The third-order valence-electron chi connectivity index (χ3n) is 3.79. The van der Waals surface area contributed by atoms with Gasteiger partial charge in [-0.1, -0.05) is 6.07 Å². The number of hydrogen-bond donors (Lipinski definition) is 1. The SMILES string of the molecule is CNC1CCN(Cc2ccc(C#N)c(OC)c2)CC1.Cl. The fourth-order valence-electron chi connectivity index (χ4n) is 2.56. The summed E-state index contributed by atoms with van der Waals surface area (Å²) in [7, 11) is 3.64. The molecular formula is C15H22ClN3O. The predicted molar refractivity (Wildman–Crippen MR) is 82.3 cm³/mol. The molecule has 110 valence electrons. The Morgan fingerprint density at radius 3 is 2.65 bits per heavy atom. The number of nitriles is 1. The van der Waals surface area contributed by atoms with E-state index < -0.39 is 0 Å². The molecule has 0 atom stereocenters. The van der Waals surface area contributed by atoms with Gasteiger partial charge in [0.15, 0.2) is 0 Å². The van der Waals surface area contributed by atoms with Crippen LogP contribution in [0.5, 0.6) is 5.75 Å². The normalized spacial score (nSPS) is 16.2. The van der Waals surface area contributed by atoms with Gasteiger partial charge >= 0.3 is 0 Å². The predicted octanol–water partition coefficient (Wildman–Crippen LogP) is 2.17. The molecule has 2 rings (SSSR count). The molecule has 5 heteroatoms. The van der Waals surface area contributed by atoms with Crippen LogP contribution < -0.4 is 10.1 Å². The largest absolute Gasteiger partial charge is 0.495 e. The third kappa shape index (κ3) is 4.11. The Kier molecular flexibility index (Phi) is 6.80. The fraction of sp³-hybridized carbons (Fsp3) is 0.533. The second-order valence-electron chi connectivity index (χ2n) is 4.99. The van der Waals surface area contributed by atoms with Gasteiger partial charge in [-0.3, -0.25) is 4.90 Å². The van der Waals surface area contributed by atoms with E-state index in [1.54, 1.807) is 7.11 Å². The highest BCUT2D eigenvalue weighted by atomic mass is 35.5. The Morgan fingerprint density at radius 1 is 1.40 bits per heavy atom. The van der Waals surface area contributed by atoms with Gasteiger partial charge in [0.25, 0.3) is 0 Å². The lowest BCUT2D eigenvalue weighted by molar-refractivity contribution is 0.194. The van der Waals surface area contributed by atoms with Crippen molar-refractivity contribution in [3.63, 3.8) is 0 Å². The highest BCUT2D eigenvalue weighted by Crippen LogP contribution is 2.21. The maximum atomic E-state index is 8.97. The van der Waals surface area contributed by atoms with Crippen LogP contribution in [0.25, 0.3) is 0 Å². The molecule has 0 aliphatic carbocycles. The summed E-state index contributed by atoms with van der Waals surface area (Å²) in [4.78, 5) is 2.45. The Labute approximate surface area is 127 Å². The summed E-state index contributed by atoms with van der Waals surface area (Å²) in [6.45, 7) is 3.17. The lowest BCUT2D eigenvalue weighted by atomic mass is 10.0. The van der Waals surface area contributed by atoms with Crippen LogP contribution in [0.3, 0.4) is 0 Å². The molecule has 1 aromatic carbocycles. The molecule has 1 aromatic rings. The third-order valence-corrected chi connectivity index (χ3v) is 3.79. The van der Waals surface area contributed by atoms with Crippen LogP contribution in [0.1, 0.15) is 24.0 Å². The number of benzene rings is 1. The van der Waals surface area contributed by atoms with Crippen molar-refractivity contribution >= 4 is 12.4 Å². The minimum absolute atomic E-state index is 0. The zero-order chi connectivity index (χ0) is 13.7. The summed E-state index contributed by atoms with van der Waals surface area (Å²) in [5.74, 6) is 0.671. The highest BCUT2D eigenvalue weighted by molar-refractivity contribution is 5.85. The summed E-state index contributed by atoms with van der Waals surface area (Å²) in [6.07, 6.45) is 2.40. The summed E-state index contributed by atoms with van der Waals surface area (Å²) in [5.41, 5.74) is 1.80. The van der Waals surface area contributed by atoms with E-state index in [-0.39, 0.29) is 12.4 Å². The van der Waals surface area contributed by atoms with E-state index >= 15 is 0 Å². The number of nitrogens with zero attached hydrogens (tertiary/aromatic N) is 2. The van der Waals surface area contributed by atoms with Crippen molar-refractivity contribution in [1.82, 2.24) is 10.2 Å². The van der Waals surface area contributed by atoms with Crippen molar-refractivity contribution in [2.75, 3.05) is 27.2 Å². The zero-order valence-corrected chi connectivity index (χ0v) is 12.9. The van der Waals surface area contributed by atoms with E-state index in [9.17, 15) is 0 Å². The minimum Gasteiger partial charge on any atom is -0.495 e. The zero-order valence-electron chi connectivity index (χ0n) is 12.1. The van der Waals surface area contributed by atoms with Gasteiger partial charge in [-0.2, -0.15) is 5.26 Å². The molecule has 0 unspecified atom stereocenters. The van der Waals surface area contributed by atoms with Gasteiger partial charge in [0, 0.05) is 12.6 Å². The van der Waals surface area contributed by atoms with Crippen LogP contribution in [-0.4, -0.2) is 38.2 Å². The molecule has 0 amide bonds. The van der Waals surface area contributed by atoms with E-state index in [1.165, 1.54) is 18.4 Å². The molecule has 1 fully saturated rings. The van der Waals surface area contributed by atoms with E-state index in [0.717, 1.165) is 19.6 Å². The van der Waals surface area contributed by atoms with E-state index in [4.69, 9.17) is 10.00 Å². The van der Waals surface area contributed by atoms with Gasteiger partial charge in [0.05, 0.1) is 12.7 Å². The molecule has 1 aliphatic rings. The molecule has 0 saturated carbocycles. The van der Waals surface area contributed by atoms with Crippen LogP contribution in [0, 0.1) is 11.3 Å². The first-order chi connectivity index (χ1) is 9.26. The topological polar surface area (TPSA) is 48.3 Å². The number of piperidine rings is 1. The van der Waals surface area contributed by atoms with Crippen LogP contribution in [0.4, 0.5) is 0 Å². The van der Waals surface area contributed by atoms with Gasteiger partial charge in [-0.25, -0.2) is 0 Å². The van der Waals surface area contributed by atoms with E-state index in [0.29, 0.717) is 17.4 Å². The first kappa shape index (κ1) is 16.8. The van der Waals surface area contributed by atoms with Crippen molar-refractivity contribution in [2.45, 2.75) is 25.4 Å². The molecule has 1 aliphatic heterocycles. The van der Waals surface area contributed by atoms with Crippen molar-refractivity contribution in [3.05, 3.63) is 29.3 Å². The van der Waals surface area contributed by atoms with Crippen LogP contribution in [0.15, 0.2) is 18.2 Å². The van der Waals surface area contributed by atoms with Crippen molar-refractivity contribution < 1.29 is 4.74 Å². The summed E-state index contributed by atoms with van der Waals surface area (Å²) in [5, 5.41) is 12.3. The minimum atomic E-state index is 0. The lowest BCUT2D eigenvalue weighted by Crippen LogP contribution is -2.40. The molecular weight excluding hydrogens is 274 g/mol. The molecule has 0 radical (unpaired) electrons. The monoisotopic (exact) mass is 295 g/mol. The van der Waals surface area contributed by atoms with Gasteiger partial charge < -0.3 is 10.1 Å². The second kappa shape index (κ2) is 8.11. The summed E-state index contributed by atoms with van der Waals surface area (Å²) < 4.78 is 5.25. The van der Waals surface area contributed by atoms with Crippen LogP contribution in [-0.2, 0) is 6.54 Å². The fourth-order valence-corrected chi connectivity index (χ4v) is 2.56. The number of halogens is 1. The first-order valence-corrected chi connectivity index (χ1v) is 6.73. The number of ether oxygens (including phenoxy) is 1. The van der Waals surface area contributed by atoms with Crippen LogP contribution >= 0.6 is 12.4 Å². The molecule has 0 aromatic heterocycles. The van der Waals surface area contributed by atoms with Gasteiger partial charge in [0.2, 0.25) is 0 Å². The average Bonchev–Trinajstić information content (AvgIpc) is 2.48. The van der Waals surface area contributed by atoms with E-state index in [2.05, 4.69) is 16.3 Å². The van der Waals surface area contributed by atoms with Gasteiger partial charge in [-0.05, 0) is 50.7 Å². The smallest absolute Gasteiger partial charge is 0.136 e. The van der Waals surface area contributed by atoms with Gasteiger partial charge in [0.1, 0.15) is 11.8 Å². The molecule has 20 heavy (non-hydrogen) atoms.